The van der Waals surface area contributed by atoms with Crippen molar-refractivity contribution < 1.29 is 15.0 Å². The van der Waals surface area contributed by atoms with Gasteiger partial charge in [0.05, 0.1) is 18.3 Å². The number of carboxylic acid groups (broad SMARTS) is 1. The molecule has 4 N–H and O–H groups in total. The molecule has 6 heteroatoms. The predicted octanol–water partition coefficient (Wildman–Crippen LogP) is 0.569. The number of carboxylic acids is 1. The van der Waals surface area contributed by atoms with E-state index in [1.165, 1.54) is 6.07 Å². The number of aliphatic hydroxyl groups is 1. The Balaban J connectivity index is 2.38. The molecule has 1 aliphatic rings. The molecule has 0 bridgehead atoms. The van der Waals surface area contributed by atoms with Crippen LogP contribution >= 0.6 is 0 Å². The first-order valence-corrected chi connectivity index (χ1v) is 5.92. The maximum atomic E-state index is 10.9. The smallest absolute Gasteiger partial charge is 0.354 e. The number of nitrogen functional groups attached to an aromatic ring is 1. The van der Waals surface area contributed by atoms with Gasteiger partial charge in [-0.3, -0.25) is 0 Å². The van der Waals surface area contributed by atoms with Gasteiger partial charge in [0.15, 0.2) is 11.5 Å². The zero-order chi connectivity index (χ0) is 13.3. The van der Waals surface area contributed by atoms with Crippen LogP contribution in [-0.2, 0) is 0 Å². The normalized spacial score (nSPS) is 23.3. The van der Waals surface area contributed by atoms with E-state index in [-0.39, 0.29) is 18.3 Å². The van der Waals surface area contributed by atoms with Crippen molar-refractivity contribution in [1.82, 2.24) is 4.98 Å². The molecule has 1 aromatic heterocycles. The summed E-state index contributed by atoms with van der Waals surface area (Å²) in [4.78, 5) is 16.9. The summed E-state index contributed by atoms with van der Waals surface area (Å²) in [6, 6.07) is 2.88. The van der Waals surface area contributed by atoms with Crippen LogP contribution in [0.5, 0.6) is 0 Å². The lowest BCUT2D eigenvalue weighted by Crippen LogP contribution is -2.36. The molecule has 18 heavy (non-hydrogen) atoms. The Labute approximate surface area is 105 Å². The molecule has 0 saturated carbocycles. The van der Waals surface area contributed by atoms with Crippen molar-refractivity contribution >= 4 is 17.5 Å². The number of nitrogens with zero attached hydrogens (tertiary/aromatic N) is 2. The molecule has 2 heterocycles. The van der Waals surface area contributed by atoms with Crippen molar-refractivity contribution in [2.45, 2.75) is 19.4 Å². The number of hydrogen-bond donors (Lipinski definition) is 3. The molecule has 98 valence electrons. The number of rotatable bonds is 3. The minimum atomic E-state index is -1.08. The van der Waals surface area contributed by atoms with Crippen molar-refractivity contribution in [3.05, 3.63) is 17.8 Å². The van der Waals surface area contributed by atoms with Crippen LogP contribution in [0.4, 0.5) is 11.5 Å². The maximum absolute atomic E-state index is 10.9. The fourth-order valence-corrected chi connectivity index (χ4v) is 2.36. The van der Waals surface area contributed by atoms with Crippen LogP contribution in [0.25, 0.3) is 0 Å². The topological polar surface area (TPSA) is 99.7 Å². The molecule has 0 amide bonds. The lowest BCUT2D eigenvalue weighted by atomic mass is 10.0. The molecule has 2 rings (SSSR count). The molecule has 2 unspecified atom stereocenters. The highest BCUT2D eigenvalue weighted by Gasteiger charge is 2.32. The minimum absolute atomic E-state index is 0.0135. The lowest BCUT2D eigenvalue weighted by Gasteiger charge is -2.27. The van der Waals surface area contributed by atoms with Crippen LogP contribution in [-0.4, -0.2) is 40.4 Å². The third-order valence-corrected chi connectivity index (χ3v) is 3.47. The Kier molecular flexibility index (Phi) is 3.38. The predicted molar refractivity (Wildman–Crippen MR) is 67.6 cm³/mol. The second-order valence-corrected chi connectivity index (χ2v) is 4.62. The van der Waals surface area contributed by atoms with E-state index in [1.807, 2.05) is 4.90 Å². The first kappa shape index (κ1) is 12.6. The molecule has 2 atom stereocenters. The molecule has 1 aromatic rings. The van der Waals surface area contributed by atoms with E-state index in [1.54, 1.807) is 6.07 Å². The van der Waals surface area contributed by atoms with E-state index in [4.69, 9.17) is 10.8 Å². The molecule has 0 radical (unpaired) electrons. The van der Waals surface area contributed by atoms with Gasteiger partial charge in [-0.25, -0.2) is 9.78 Å². The average molecular weight is 251 g/mol. The summed E-state index contributed by atoms with van der Waals surface area (Å²) in [6.07, 6.45) is 0.934. The molecule has 1 aliphatic heterocycles. The molecule has 0 aromatic carbocycles. The first-order valence-electron chi connectivity index (χ1n) is 5.92. The molecule has 1 fully saturated rings. The van der Waals surface area contributed by atoms with Gasteiger partial charge in [-0.05, 0) is 24.5 Å². The van der Waals surface area contributed by atoms with Crippen LogP contribution in [0.2, 0.25) is 0 Å². The number of anilines is 2. The van der Waals surface area contributed by atoms with Crippen LogP contribution in [0, 0.1) is 5.92 Å². The summed E-state index contributed by atoms with van der Waals surface area (Å²) in [5.74, 6) is -0.285. The van der Waals surface area contributed by atoms with Crippen molar-refractivity contribution in [3.8, 4) is 0 Å². The number of nitrogens with two attached hydrogens (primary N) is 1. The van der Waals surface area contributed by atoms with Crippen LogP contribution in [0.15, 0.2) is 12.1 Å². The van der Waals surface area contributed by atoms with Crippen LogP contribution < -0.4 is 10.6 Å². The monoisotopic (exact) mass is 251 g/mol. The zero-order valence-electron chi connectivity index (χ0n) is 10.2. The minimum Gasteiger partial charge on any atom is -0.477 e. The highest BCUT2D eigenvalue weighted by molar-refractivity contribution is 5.87. The van der Waals surface area contributed by atoms with Crippen LogP contribution in [0.1, 0.15) is 23.8 Å². The largest absolute Gasteiger partial charge is 0.477 e. The van der Waals surface area contributed by atoms with Gasteiger partial charge in [0.1, 0.15) is 0 Å². The quantitative estimate of drug-likeness (QED) is 0.726. The van der Waals surface area contributed by atoms with Gasteiger partial charge < -0.3 is 20.8 Å². The van der Waals surface area contributed by atoms with Gasteiger partial charge >= 0.3 is 5.97 Å². The van der Waals surface area contributed by atoms with Gasteiger partial charge in [-0.15, -0.1) is 0 Å². The van der Waals surface area contributed by atoms with E-state index in [0.29, 0.717) is 17.4 Å². The highest BCUT2D eigenvalue weighted by Crippen LogP contribution is 2.31. The Morgan fingerprint density at radius 2 is 2.33 bits per heavy atom. The maximum Gasteiger partial charge on any atom is 0.354 e. The van der Waals surface area contributed by atoms with Crippen LogP contribution in [0.3, 0.4) is 0 Å². The fourth-order valence-electron chi connectivity index (χ4n) is 2.36. The summed E-state index contributed by atoms with van der Waals surface area (Å²) in [5, 5.41) is 18.4. The van der Waals surface area contributed by atoms with Gasteiger partial charge in [0.2, 0.25) is 0 Å². The van der Waals surface area contributed by atoms with Crippen molar-refractivity contribution in [3.63, 3.8) is 0 Å². The van der Waals surface area contributed by atoms with Gasteiger partial charge in [0.25, 0.3) is 0 Å². The number of aromatic carboxylic acids is 1. The molecule has 1 saturated heterocycles. The second kappa shape index (κ2) is 4.81. The molecular formula is C12H17N3O3. The Hall–Kier alpha value is -1.82. The highest BCUT2D eigenvalue weighted by atomic mass is 16.4. The number of hydrogen-bond acceptors (Lipinski definition) is 5. The Morgan fingerprint density at radius 3 is 2.94 bits per heavy atom. The van der Waals surface area contributed by atoms with Gasteiger partial charge in [-0.1, -0.05) is 6.92 Å². The van der Waals surface area contributed by atoms with E-state index in [0.717, 1.165) is 13.0 Å². The fraction of sp³-hybridized carbons (Fsp3) is 0.500. The van der Waals surface area contributed by atoms with E-state index in [9.17, 15) is 9.90 Å². The SMILES string of the molecule is CC1CCN(c2nc(C(=O)O)ccc2N)C1CO. The summed E-state index contributed by atoms with van der Waals surface area (Å²) in [5.41, 5.74) is 6.26. The lowest BCUT2D eigenvalue weighted by molar-refractivity contribution is 0.0690. The second-order valence-electron chi connectivity index (χ2n) is 4.62. The van der Waals surface area contributed by atoms with E-state index >= 15 is 0 Å². The summed E-state index contributed by atoms with van der Waals surface area (Å²) >= 11 is 0. The Bertz CT molecular complexity index is 464. The van der Waals surface area contributed by atoms with E-state index < -0.39 is 5.97 Å². The Morgan fingerprint density at radius 1 is 1.61 bits per heavy atom. The van der Waals surface area contributed by atoms with Crippen molar-refractivity contribution in [1.29, 1.82) is 0 Å². The number of aliphatic hydroxyl groups excluding tert-OH is 1. The summed E-state index contributed by atoms with van der Waals surface area (Å²) in [7, 11) is 0. The zero-order valence-corrected chi connectivity index (χ0v) is 10.2. The standard InChI is InChI=1S/C12H17N3O3/c1-7-4-5-15(10(7)6-16)11-8(13)2-3-9(14-11)12(17)18/h2-3,7,10,16H,4-6,13H2,1H3,(H,17,18). The molecular weight excluding hydrogens is 234 g/mol. The van der Waals surface area contributed by atoms with Crippen molar-refractivity contribution in [2.75, 3.05) is 23.8 Å². The molecule has 0 aliphatic carbocycles. The molecule has 0 spiro atoms. The van der Waals surface area contributed by atoms with E-state index in [2.05, 4.69) is 11.9 Å². The summed E-state index contributed by atoms with van der Waals surface area (Å²) < 4.78 is 0. The van der Waals surface area contributed by atoms with Crippen molar-refractivity contribution in [2.24, 2.45) is 5.92 Å². The summed E-state index contributed by atoms with van der Waals surface area (Å²) in [6.45, 7) is 2.80. The number of carbonyl (C=O) groups is 1. The average Bonchev–Trinajstić information content (AvgIpc) is 2.70. The van der Waals surface area contributed by atoms with Gasteiger partial charge in [0, 0.05) is 6.54 Å². The van der Waals surface area contributed by atoms with Gasteiger partial charge in [-0.2, -0.15) is 0 Å². The number of pyridine rings is 1. The third-order valence-electron chi connectivity index (χ3n) is 3.47. The number of aromatic nitrogens is 1. The first-order chi connectivity index (χ1) is 8.54. The molecule has 6 nitrogen and oxygen atoms in total. The third kappa shape index (κ3) is 2.11.